The maximum Gasteiger partial charge on any atom is 0.265 e. The first-order valence-corrected chi connectivity index (χ1v) is 9.50. The van der Waals surface area contributed by atoms with Crippen LogP contribution in [0.25, 0.3) is 0 Å². The zero-order chi connectivity index (χ0) is 20.4. The lowest BCUT2D eigenvalue weighted by Gasteiger charge is -2.15. The number of nitriles is 1. The number of halogens is 4. The molecule has 0 radical (unpaired) electrons. The standard InChI is InChI=1S/C19H16F4N2O2S/c1-9(27-17-15(22)12(20)7-13(21)16(17)23)18(26)25-19-11(8-24)10-5-3-2-4-6-14(10)28-19/h7,9H,2-6H2,1H3,(H,25,26). The number of ether oxygens (including phenoxy) is 1. The first kappa shape index (κ1) is 20.1. The molecule has 28 heavy (non-hydrogen) atoms. The minimum Gasteiger partial charge on any atom is -0.475 e. The SMILES string of the molecule is CC(Oc1c(F)c(F)cc(F)c1F)C(=O)Nc1sc2c(c1C#N)CCCCC2. The van der Waals surface area contributed by atoms with Crippen LogP contribution < -0.4 is 10.1 Å². The molecule has 1 unspecified atom stereocenters. The minimum absolute atomic E-state index is 0.0558. The van der Waals surface area contributed by atoms with Crippen LogP contribution in [0, 0.1) is 34.6 Å². The number of nitrogens with one attached hydrogen (secondary N) is 1. The molecule has 0 saturated heterocycles. The van der Waals surface area contributed by atoms with E-state index in [2.05, 4.69) is 11.4 Å². The number of amides is 1. The highest BCUT2D eigenvalue weighted by Crippen LogP contribution is 2.37. The lowest BCUT2D eigenvalue weighted by atomic mass is 10.1. The number of aryl methyl sites for hydroxylation is 1. The summed E-state index contributed by atoms with van der Waals surface area (Å²) >= 11 is 1.28. The van der Waals surface area contributed by atoms with Crippen LogP contribution in [0.5, 0.6) is 5.75 Å². The van der Waals surface area contributed by atoms with Gasteiger partial charge in [0.1, 0.15) is 11.1 Å². The summed E-state index contributed by atoms with van der Waals surface area (Å²) in [5, 5.41) is 12.3. The number of nitrogens with zero attached hydrogens (tertiary/aromatic N) is 1. The van der Waals surface area contributed by atoms with Gasteiger partial charge in [-0.2, -0.15) is 14.0 Å². The first-order chi connectivity index (χ1) is 13.3. The van der Waals surface area contributed by atoms with Gasteiger partial charge in [0.05, 0.1) is 5.56 Å². The van der Waals surface area contributed by atoms with Crippen LogP contribution >= 0.6 is 11.3 Å². The third kappa shape index (κ3) is 3.83. The molecule has 1 amide bonds. The van der Waals surface area contributed by atoms with Crippen molar-refractivity contribution in [3.8, 4) is 11.8 Å². The normalized spacial score (nSPS) is 14.6. The molecule has 1 aliphatic carbocycles. The van der Waals surface area contributed by atoms with E-state index in [-0.39, 0.29) is 6.07 Å². The second kappa shape index (κ2) is 8.19. The van der Waals surface area contributed by atoms with Crippen molar-refractivity contribution >= 4 is 22.2 Å². The van der Waals surface area contributed by atoms with E-state index in [1.54, 1.807) is 0 Å². The van der Waals surface area contributed by atoms with Crippen LogP contribution in [0.2, 0.25) is 0 Å². The molecule has 0 fully saturated rings. The Morgan fingerprint density at radius 1 is 1.18 bits per heavy atom. The summed E-state index contributed by atoms with van der Waals surface area (Å²) in [6, 6.07) is 2.15. The van der Waals surface area contributed by atoms with Gasteiger partial charge in [0.2, 0.25) is 11.6 Å². The maximum atomic E-state index is 13.7. The van der Waals surface area contributed by atoms with E-state index in [1.807, 2.05) is 0 Å². The Hall–Kier alpha value is -2.60. The van der Waals surface area contributed by atoms with Gasteiger partial charge in [0.25, 0.3) is 5.91 Å². The van der Waals surface area contributed by atoms with Gasteiger partial charge in [-0.15, -0.1) is 11.3 Å². The van der Waals surface area contributed by atoms with E-state index in [1.165, 1.54) is 18.3 Å². The monoisotopic (exact) mass is 412 g/mol. The number of hydrogen-bond acceptors (Lipinski definition) is 4. The van der Waals surface area contributed by atoms with Crippen molar-refractivity contribution < 1.29 is 27.1 Å². The molecule has 3 rings (SSSR count). The molecule has 0 bridgehead atoms. The van der Waals surface area contributed by atoms with Gasteiger partial charge >= 0.3 is 0 Å². The molecular weight excluding hydrogens is 396 g/mol. The zero-order valence-corrected chi connectivity index (χ0v) is 15.7. The van der Waals surface area contributed by atoms with Crippen LogP contribution in [0.15, 0.2) is 6.07 Å². The number of benzene rings is 1. The van der Waals surface area contributed by atoms with Crippen molar-refractivity contribution in [1.29, 1.82) is 5.26 Å². The van der Waals surface area contributed by atoms with Crippen LogP contribution in [0.3, 0.4) is 0 Å². The smallest absolute Gasteiger partial charge is 0.265 e. The number of carbonyl (C=O) groups excluding carboxylic acids is 1. The fraction of sp³-hybridized carbons (Fsp3) is 0.368. The van der Waals surface area contributed by atoms with Crippen molar-refractivity contribution in [2.45, 2.75) is 45.1 Å². The number of hydrogen-bond donors (Lipinski definition) is 1. The Balaban J connectivity index is 1.80. The van der Waals surface area contributed by atoms with Crippen molar-refractivity contribution in [2.24, 2.45) is 0 Å². The quantitative estimate of drug-likeness (QED) is 0.444. The fourth-order valence-corrected chi connectivity index (χ4v) is 4.29. The highest BCUT2D eigenvalue weighted by atomic mass is 32.1. The van der Waals surface area contributed by atoms with Gasteiger partial charge in [-0.25, -0.2) is 8.78 Å². The summed E-state index contributed by atoms with van der Waals surface area (Å²) in [5.74, 6) is -8.80. The summed E-state index contributed by atoms with van der Waals surface area (Å²) in [5.41, 5.74) is 1.29. The van der Waals surface area contributed by atoms with Gasteiger partial charge in [0, 0.05) is 10.9 Å². The molecule has 1 aliphatic rings. The lowest BCUT2D eigenvalue weighted by molar-refractivity contribution is -0.122. The van der Waals surface area contributed by atoms with Gasteiger partial charge in [-0.1, -0.05) is 6.42 Å². The van der Waals surface area contributed by atoms with E-state index < -0.39 is 41.0 Å². The fourth-order valence-electron chi connectivity index (χ4n) is 3.05. The van der Waals surface area contributed by atoms with Crippen molar-refractivity contribution in [1.82, 2.24) is 0 Å². The van der Waals surface area contributed by atoms with E-state index in [9.17, 15) is 27.6 Å². The number of rotatable bonds is 4. The second-order valence-electron chi connectivity index (χ2n) is 6.43. The molecule has 0 aliphatic heterocycles. The molecule has 4 nitrogen and oxygen atoms in total. The number of fused-ring (bicyclic) bond motifs is 1. The van der Waals surface area contributed by atoms with E-state index in [0.717, 1.165) is 42.5 Å². The van der Waals surface area contributed by atoms with Crippen molar-refractivity contribution in [3.05, 3.63) is 45.3 Å². The summed E-state index contributed by atoms with van der Waals surface area (Å²) in [4.78, 5) is 13.4. The van der Waals surface area contributed by atoms with E-state index in [4.69, 9.17) is 4.74 Å². The third-order valence-corrected chi connectivity index (χ3v) is 5.71. The topological polar surface area (TPSA) is 62.1 Å². The van der Waals surface area contributed by atoms with Crippen LogP contribution in [-0.2, 0) is 17.6 Å². The molecule has 1 aromatic heterocycles. The molecule has 1 atom stereocenters. The van der Waals surface area contributed by atoms with Gasteiger partial charge in [-0.05, 0) is 38.2 Å². The Kier molecular flexibility index (Phi) is 5.89. The average molecular weight is 412 g/mol. The van der Waals surface area contributed by atoms with Crippen molar-refractivity contribution in [2.75, 3.05) is 5.32 Å². The Morgan fingerprint density at radius 2 is 1.82 bits per heavy atom. The molecule has 1 N–H and O–H groups in total. The number of carbonyl (C=O) groups is 1. The van der Waals surface area contributed by atoms with E-state index in [0.29, 0.717) is 10.6 Å². The summed E-state index contributed by atoms with van der Waals surface area (Å²) in [6.45, 7) is 1.18. The third-order valence-electron chi connectivity index (χ3n) is 4.51. The van der Waals surface area contributed by atoms with Crippen LogP contribution in [-0.4, -0.2) is 12.0 Å². The average Bonchev–Trinajstić information content (AvgIpc) is 2.82. The summed E-state index contributed by atoms with van der Waals surface area (Å²) in [7, 11) is 0. The first-order valence-electron chi connectivity index (χ1n) is 8.68. The highest BCUT2D eigenvalue weighted by Gasteiger charge is 2.27. The Bertz CT molecular complexity index is 942. The molecule has 2 aromatic rings. The van der Waals surface area contributed by atoms with Crippen LogP contribution in [0.1, 0.15) is 42.2 Å². The Morgan fingerprint density at radius 3 is 2.46 bits per heavy atom. The Labute approximate surface area is 162 Å². The molecule has 0 spiro atoms. The second-order valence-corrected chi connectivity index (χ2v) is 7.53. The molecular formula is C19H16F4N2O2S. The largest absolute Gasteiger partial charge is 0.475 e. The minimum atomic E-state index is -1.72. The van der Waals surface area contributed by atoms with Crippen LogP contribution in [0.4, 0.5) is 22.6 Å². The van der Waals surface area contributed by atoms with Crippen molar-refractivity contribution in [3.63, 3.8) is 0 Å². The van der Waals surface area contributed by atoms with E-state index >= 15 is 0 Å². The predicted molar refractivity (Wildman–Crippen MR) is 95.3 cm³/mol. The predicted octanol–water partition coefficient (Wildman–Crippen LogP) is 4.85. The van der Waals surface area contributed by atoms with Gasteiger partial charge in [-0.3, -0.25) is 4.79 Å². The lowest BCUT2D eigenvalue weighted by Crippen LogP contribution is -2.31. The summed E-state index contributed by atoms with van der Waals surface area (Å²) in [6.07, 6.45) is 3.12. The highest BCUT2D eigenvalue weighted by molar-refractivity contribution is 7.16. The molecule has 9 heteroatoms. The summed E-state index contributed by atoms with van der Waals surface area (Å²) < 4.78 is 58.9. The zero-order valence-electron chi connectivity index (χ0n) is 14.9. The molecule has 148 valence electrons. The molecule has 1 aromatic carbocycles. The number of anilines is 1. The number of thiophene rings is 1. The molecule has 0 saturated carbocycles. The van der Waals surface area contributed by atoms with Gasteiger partial charge in [0.15, 0.2) is 23.5 Å². The maximum absolute atomic E-state index is 13.7. The van der Waals surface area contributed by atoms with Gasteiger partial charge < -0.3 is 10.1 Å². The molecule has 1 heterocycles.